The molecule has 27 heavy (non-hydrogen) atoms. The molecule has 1 aromatic rings. The quantitative estimate of drug-likeness (QED) is 0.350. The smallest absolute Gasteiger partial charge is 0.191 e. The summed E-state index contributed by atoms with van der Waals surface area (Å²) in [6.07, 6.45) is 0.192. The van der Waals surface area contributed by atoms with Crippen LogP contribution in [0, 0.1) is 0 Å². The van der Waals surface area contributed by atoms with Gasteiger partial charge in [-0.25, -0.2) is 0 Å². The Labute approximate surface area is 181 Å². The lowest BCUT2D eigenvalue weighted by atomic mass is 10.0. The number of halogens is 1. The highest BCUT2D eigenvalue weighted by Gasteiger charge is 2.28. The molecule has 0 aromatic heterocycles. The Morgan fingerprint density at radius 1 is 1.19 bits per heavy atom. The van der Waals surface area contributed by atoms with E-state index in [1.54, 1.807) is 7.05 Å². The van der Waals surface area contributed by atoms with E-state index in [2.05, 4.69) is 46.5 Å². The Balaban J connectivity index is 0.00000364. The molecule has 0 spiro atoms. The molecule has 0 radical (unpaired) electrons. The predicted octanol–water partition coefficient (Wildman–Crippen LogP) is 2.87. The lowest BCUT2D eigenvalue weighted by Gasteiger charge is -2.41. The van der Waals surface area contributed by atoms with E-state index in [0.29, 0.717) is 0 Å². The summed E-state index contributed by atoms with van der Waals surface area (Å²) in [5, 5.41) is 6.82. The van der Waals surface area contributed by atoms with E-state index in [4.69, 9.17) is 9.47 Å². The minimum Gasteiger partial charge on any atom is -0.491 e. The highest BCUT2D eigenvalue weighted by atomic mass is 127. The minimum absolute atomic E-state index is 0. The van der Waals surface area contributed by atoms with Crippen LogP contribution in [0.5, 0.6) is 5.75 Å². The predicted molar refractivity (Wildman–Crippen MR) is 122 cm³/mol. The van der Waals surface area contributed by atoms with Crippen molar-refractivity contribution in [2.24, 2.45) is 4.99 Å². The fourth-order valence-electron chi connectivity index (χ4n) is 2.94. The standard InChI is InChI=1S/C20H34N4O2.HI/c1-16(2)26-18-8-6-17(7-9-18)14-22-19(21-5)23-15-20(3,4)24-10-12-25-13-11-24;/h6-9,16H,10-15H2,1-5H3,(H2,21,22,23);1H. The second kappa shape index (κ2) is 11.7. The van der Waals surface area contributed by atoms with Crippen molar-refractivity contribution in [1.82, 2.24) is 15.5 Å². The average molecular weight is 490 g/mol. The number of hydrogen-bond acceptors (Lipinski definition) is 4. The van der Waals surface area contributed by atoms with Crippen molar-refractivity contribution in [1.29, 1.82) is 0 Å². The summed E-state index contributed by atoms with van der Waals surface area (Å²) in [5.74, 6) is 1.72. The highest BCUT2D eigenvalue weighted by Crippen LogP contribution is 2.15. The Kier molecular flexibility index (Phi) is 10.4. The molecule has 0 aliphatic carbocycles. The topological polar surface area (TPSA) is 58.1 Å². The second-order valence-electron chi connectivity index (χ2n) is 7.50. The monoisotopic (exact) mass is 490 g/mol. The van der Waals surface area contributed by atoms with Gasteiger partial charge in [0.15, 0.2) is 5.96 Å². The van der Waals surface area contributed by atoms with Gasteiger partial charge in [0.1, 0.15) is 5.75 Å². The lowest BCUT2D eigenvalue weighted by Crippen LogP contribution is -2.56. The molecule has 7 heteroatoms. The molecule has 1 heterocycles. The van der Waals surface area contributed by atoms with Crippen molar-refractivity contribution in [3.05, 3.63) is 29.8 Å². The SMILES string of the molecule is CN=C(NCc1ccc(OC(C)C)cc1)NCC(C)(C)N1CCOCC1.I. The maximum atomic E-state index is 5.68. The fraction of sp³-hybridized carbons (Fsp3) is 0.650. The van der Waals surface area contributed by atoms with E-state index in [1.165, 1.54) is 5.56 Å². The molecule has 0 bridgehead atoms. The van der Waals surface area contributed by atoms with Crippen molar-refractivity contribution >= 4 is 29.9 Å². The number of morpholine rings is 1. The number of rotatable bonds is 7. The Morgan fingerprint density at radius 2 is 1.81 bits per heavy atom. The first-order chi connectivity index (χ1) is 12.4. The van der Waals surface area contributed by atoms with E-state index in [9.17, 15) is 0 Å². The van der Waals surface area contributed by atoms with Crippen molar-refractivity contribution in [3.8, 4) is 5.75 Å². The van der Waals surface area contributed by atoms with E-state index in [0.717, 1.165) is 51.1 Å². The number of benzene rings is 1. The van der Waals surface area contributed by atoms with Crippen molar-refractivity contribution in [3.63, 3.8) is 0 Å². The van der Waals surface area contributed by atoms with Crippen LogP contribution < -0.4 is 15.4 Å². The minimum atomic E-state index is 0. The zero-order valence-electron chi connectivity index (χ0n) is 17.2. The molecule has 0 atom stereocenters. The van der Waals surface area contributed by atoms with Gasteiger partial charge >= 0.3 is 0 Å². The van der Waals surface area contributed by atoms with Gasteiger partial charge in [-0.3, -0.25) is 9.89 Å². The maximum Gasteiger partial charge on any atom is 0.191 e. The van der Waals surface area contributed by atoms with Gasteiger partial charge in [-0.15, -0.1) is 24.0 Å². The van der Waals surface area contributed by atoms with Gasteiger partial charge in [-0.2, -0.15) is 0 Å². The molecule has 0 saturated carbocycles. The zero-order valence-corrected chi connectivity index (χ0v) is 19.6. The van der Waals surface area contributed by atoms with E-state index < -0.39 is 0 Å². The molecule has 1 aliphatic heterocycles. The van der Waals surface area contributed by atoms with E-state index in [1.807, 2.05) is 26.0 Å². The van der Waals surface area contributed by atoms with Crippen LogP contribution in [0.3, 0.4) is 0 Å². The molecule has 2 rings (SSSR count). The number of nitrogens with zero attached hydrogens (tertiary/aromatic N) is 2. The number of guanidine groups is 1. The Hall–Kier alpha value is -1.06. The molecule has 1 aliphatic rings. The lowest BCUT2D eigenvalue weighted by molar-refractivity contribution is -0.00834. The molecule has 2 N–H and O–H groups in total. The normalized spacial score (nSPS) is 16.0. The third kappa shape index (κ3) is 8.23. The first-order valence-electron chi connectivity index (χ1n) is 9.43. The summed E-state index contributed by atoms with van der Waals surface area (Å²) in [7, 11) is 1.80. The third-order valence-electron chi connectivity index (χ3n) is 4.53. The summed E-state index contributed by atoms with van der Waals surface area (Å²) in [4.78, 5) is 6.80. The molecular formula is C20H35IN4O2. The summed E-state index contributed by atoms with van der Waals surface area (Å²) >= 11 is 0. The van der Waals surface area contributed by atoms with Crippen LogP contribution in [-0.2, 0) is 11.3 Å². The summed E-state index contributed by atoms with van der Waals surface area (Å²) < 4.78 is 11.1. The number of ether oxygens (including phenoxy) is 2. The van der Waals surface area contributed by atoms with Gasteiger partial charge < -0.3 is 20.1 Å². The van der Waals surface area contributed by atoms with Gasteiger partial charge in [0.05, 0.1) is 19.3 Å². The Bertz CT molecular complexity index is 570. The highest BCUT2D eigenvalue weighted by molar-refractivity contribution is 14.0. The Morgan fingerprint density at radius 3 is 2.37 bits per heavy atom. The largest absolute Gasteiger partial charge is 0.491 e. The molecule has 0 unspecified atom stereocenters. The maximum absolute atomic E-state index is 5.68. The first-order valence-corrected chi connectivity index (χ1v) is 9.43. The van der Waals surface area contributed by atoms with Crippen LogP contribution in [0.15, 0.2) is 29.3 Å². The van der Waals surface area contributed by atoms with Crippen LogP contribution in [0.25, 0.3) is 0 Å². The zero-order chi connectivity index (χ0) is 19.0. The molecule has 6 nitrogen and oxygen atoms in total. The van der Waals surface area contributed by atoms with Crippen molar-refractivity contribution in [2.45, 2.75) is 45.9 Å². The molecular weight excluding hydrogens is 455 g/mol. The van der Waals surface area contributed by atoms with Crippen LogP contribution >= 0.6 is 24.0 Å². The molecule has 0 amide bonds. The average Bonchev–Trinajstić information content (AvgIpc) is 2.63. The number of nitrogens with one attached hydrogen (secondary N) is 2. The van der Waals surface area contributed by atoms with Crippen LogP contribution in [0.1, 0.15) is 33.3 Å². The van der Waals surface area contributed by atoms with Crippen LogP contribution in [0.2, 0.25) is 0 Å². The fourth-order valence-corrected chi connectivity index (χ4v) is 2.94. The summed E-state index contributed by atoms with van der Waals surface area (Å²) in [5.41, 5.74) is 1.24. The van der Waals surface area contributed by atoms with Crippen LogP contribution in [-0.4, -0.2) is 62.4 Å². The van der Waals surface area contributed by atoms with Crippen molar-refractivity contribution in [2.75, 3.05) is 39.9 Å². The van der Waals surface area contributed by atoms with Gasteiger partial charge in [0.25, 0.3) is 0 Å². The number of hydrogen-bond donors (Lipinski definition) is 2. The van der Waals surface area contributed by atoms with Gasteiger partial charge in [-0.1, -0.05) is 12.1 Å². The summed E-state index contributed by atoms with van der Waals surface area (Å²) in [6.45, 7) is 13.7. The first kappa shape index (κ1) is 24.0. The summed E-state index contributed by atoms with van der Waals surface area (Å²) in [6, 6.07) is 8.18. The second-order valence-corrected chi connectivity index (χ2v) is 7.50. The van der Waals surface area contributed by atoms with Gasteiger partial charge in [0.2, 0.25) is 0 Å². The van der Waals surface area contributed by atoms with Gasteiger partial charge in [-0.05, 0) is 45.4 Å². The third-order valence-corrected chi connectivity index (χ3v) is 4.53. The number of aliphatic imine (C=N–C) groups is 1. The van der Waals surface area contributed by atoms with E-state index in [-0.39, 0.29) is 35.6 Å². The molecule has 1 saturated heterocycles. The van der Waals surface area contributed by atoms with Gasteiger partial charge in [0, 0.05) is 38.8 Å². The van der Waals surface area contributed by atoms with E-state index >= 15 is 0 Å². The molecule has 1 fully saturated rings. The molecule has 154 valence electrons. The van der Waals surface area contributed by atoms with Crippen LogP contribution in [0.4, 0.5) is 0 Å². The molecule has 1 aromatic carbocycles. The van der Waals surface area contributed by atoms with Crippen molar-refractivity contribution < 1.29 is 9.47 Å².